The number of hydrogen-bond acceptors (Lipinski definition) is 5. The molecule has 0 saturated carbocycles. The first-order valence-corrected chi connectivity index (χ1v) is 8.17. The van der Waals surface area contributed by atoms with E-state index in [1.807, 2.05) is 0 Å². The van der Waals surface area contributed by atoms with Crippen LogP contribution in [0, 0.1) is 11.8 Å². The van der Waals surface area contributed by atoms with Crippen molar-refractivity contribution in [1.29, 1.82) is 0 Å². The Kier molecular flexibility index (Phi) is 4.50. The zero-order valence-corrected chi connectivity index (χ0v) is 13.9. The van der Waals surface area contributed by atoms with E-state index in [4.69, 9.17) is 21.2 Å². The molecular formula is C14H10ClF3N2O4S. The van der Waals surface area contributed by atoms with Crippen LogP contribution in [0.2, 0.25) is 4.34 Å². The van der Waals surface area contributed by atoms with Gasteiger partial charge in [0.25, 0.3) is 5.91 Å². The van der Waals surface area contributed by atoms with Crippen LogP contribution in [-0.2, 0) is 4.79 Å². The second-order valence-corrected chi connectivity index (χ2v) is 7.20. The van der Waals surface area contributed by atoms with Crippen molar-refractivity contribution in [2.24, 2.45) is 11.8 Å². The number of likely N-dealkylation sites (tertiary alicyclic amines) is 1. The minimum atomic E-state index is -4.71. The number of aromatic nitrogens is 1. The van der Waals surface area contributed by atoms with E-state index in [2.05, 4.69) is 5.16 Å². The maximum atomic E-state index is 13.0. The fraction of sp³-hybridized carbons (Fsp3) is 0.357. The summed E-state index contributed by atoms with van der Waals surface area (Å²) in [6.45, 7) is -1.27. The van der Waals surface area contributed by atoms with Crippen molar-refractivity contribution in [3.63, 3.8) is 0 Å². The highest BCUT2D eigenvalue weighted by Crippen LogP contribution is 2.38. The number of halogens is 4. The molecule has 1 N–H and O–H groups in total. The summed E-state index contributed by atoms with van der Waals surface area (Å²) < 4.78 is 44.5. The lowest BCUT2D eigenvalue weighted by molar-refractivity contribution is -0.187. The predicted octanol–water partition coefficient (Wildman–Crippen LogP) is 3.39. The number of nitrogens with zero attached hydrogens (tertiary/aromatic N) is 2. The van der Waals surface area contributed by atoms with Crippen LogP contribution in [0.3, 0.4) is 0 Å². The van der Waals surface area contributed by atoms with Crippen LogP contribution in [0.1, 0.15) is 10.5 Å². The van der Waals surface area contributed by atoms with Gasteiger partial charge in [0.05, 0.1) is 21.0 Å². The van der Waals surface area contributed by atoms with Crippen LogP contribution in [0.5, 0.6) is 0 Å². The quantitative estimate of drug-likeness (QED) is 0.862. The van der Waals surface area contributed by atoms with E-state index in [1.54, 1.807) is 12.1 Å². The van der Waals surface area contributed by atoms with Crippen LogP contribution < -0.4 is 0 Å². The van der Waals surface area contributed by atoms with Gasteiger partial charge in [-0.25, -0.2) is 0 Å². The first-order valence-electron chi connectivity index (χ1n) is 6.98. The largest absolute Gasteiger partial charge is 0.481 e. The van der Waals surface area contributed by atoms with Crippen molar-refractivity contribution >= 4 is 34.8 Å². The van der Waals surface area contributed by atoms with Crippen LogP contribution in [0.25, 0.3) is 10.6 Å². The zero-order chi connectivity index (χ0) is 18.4. The second-order valence-electron chi connectivity index (χ2n) is 5.48. The number of aliphatic carboxylic acids is 1. The van der Waals surface area contributed by atoms with Gasteiger partial charge in [-0.2, -0.15) is 13.2 Å². The average Bonchev–Trinajstić information content (AvgIpc) is 3.24. The fourth-order valence-electron chi connectivity index (χ4n) is 2.65. The molecule has 25 heavy (non-hydrogen) atoms. The number of rotatable bonds is 3. The summed E-state index contributed by atoms with van der Waals surface area (Å²) in [7, 11) is 0. The minimum absolute atomic E-state index is 0.188. The molecule has 11 heteroatoms. The Hall–Kier alpha value is -2.07. The Bertz CT molecular complexity index is 819. The highest BCUT2D eigenvalue weighted by Gasteiger charge is 2.53. The van der Waals surface area contributed by atoms with Gasteiger partial charge in [0.2, 0.25) is 0 Å². The molecule has 0 unspecified atom stereocenters. The summed E-state index contributed by atoms with van der Waals surface area (Å²) in [5, 5.41) is 12.6. The van der Waals surface area contributed by atoms with E-state index in [9.17, 15) is 22.8 Å². The van der Waals surface area contributed by atoms with E-state index in [0.717, 1.165) is 4.90 Å². The van der Waals surface area contributed by atoms with Crippen LogP contribution in [0.15, 0.2) is 22.7 Å². The van der Waals surface area contributed by atoms with Crippen LogP contribution >= 0.6 is 22.9 Å². The molecule has 2 atom stereocenters. The van der Waals surface area contributed by atoms with Gasteiger partial charge < -0.3 is 14.5 Å². The Labute approximate surface area is 147 Å². The molecule has 0 aromatic carbocycles. The molecule has 0 bridgehead atoms. The van der Waals surface area contributed by atoms with E-state index in [1.165, 1.54) is 17.4 Å². The predicted molar refractivity (Wildman–Crippen MR) is 81.4 cm³/mol. The van der Waals surface area contributed by atoms with Gasteiger partial charge in [0.1, 0.15) is 0 Å². The topological polar surface area (TPSA) is 83.6 Å². The average molecular weight is 395 g/mol. The molecule has 3 rings (SSSR count). The van der Waals surface area contributed by atoms with Gasteiger partial charge in [-0.05, 0) is 12.1 Å². The standard InChI is InChI=1S/C14H10ClF3N2O4S/c15-11-2-1-10(25-11)9-3-8(19-24-9)12(21)20-4-6(13(22)23)7(5-20)14(16,17)18/h1-3,6-7H,4-5H2,(H,22,23)/t6-,7-/m1/s1. The van der Waals surface area contributed by atoms with Crippen molar-refractivity contribution in [1.82, 2.24) is 10.1 Å². The fourth-order valence-corrected chi connectivity index (χ4v) is 3.64. The number of carboxylic acids is 1. The van der Waals surface area contributed by atoms with Gasteiger partial charge in [0.15, 0.2) is 11.5 Å². The molecule has 2 aromatic rings. The number of hydrogen-bond donors (Lipinski definition) is 1. The first-order chi connectivity index (χ1) is 11.7. The third-order valence-electron chi connectivity index (χ3n) is 3.89. The lowest BCUT2D eigenvalue weighted by Gasteiger charge is -2.17. The molecule has 3 heterocycles. The number of carbonyl (C=O) groups is 2. The maximum absolute atomic E-state index is 13.0. The molecule has 1 aliphatic rings. The Balaban J connectivity index is 1.80. The summed E-state index contributed by atoms with van der Waals surface area (Å²) in [4.78, 5) is 24.9. The number of carbonyl (C=O) groups excluding carboxylic acids is 1. The molecule has 0 spiro atoms. The summed E-state index contributed by atoms with van der Waals surface area (Å²) in [5.41, 5.74) is -0.188. The Morgan fingerprint density at radius 3 is 2.60 bits per heavy atom. The van der Waals surface area contributed by atoms with Crippen molar-refractivity contribution in [2.75, 3.05) is 13.1 Å². The lowest BCUT2D eigenvalue weighted by Crippen LogP contribution is -2.34. The summed E-state index contributed by atoms with van der Waals surface area (Å²) in [5.74, 6) is -5.97. The Morgan fingerprint density at radius 2 is 2.08 bits per heavy atom. The normalized spacial score (nSPS) is 20.9. The van der Waals surface area contributed by atoms with Crippen LogP contribution in [0.4, 0.5) is 13.2 Å². The van der Waals surface area contributed by atoms with Gasteiger partial charge in [-0.3, -0.25) is 9.59 Å². The molecule has 1 fully saturated rings. The minimum Gasteiger partial charge on any atom is -0.481 e. The van der Waals surface area contributed by atoms with Crippen molar-refractivity contribution in [3.8, 4) is 10.6 Å². The van der Waals surface area contributed by atoms with Gasteiger partial charge >= 0.3 is 12.1 Å². The number of thiophene rings is 1. The van der Waals surface area contributed by atoms with E-state index in [0.29, 0.717) is 9.21 Å². The molecule has 1 saturated heterocycles. The Morgan fingerprint density at radius 1 is 1.36 bits per heavy atom. The van der Waals surface area contributed by atoms with Gasteiger partial charge in [-0.15, -0.1) is 11.3 Å². The molecule has 2 aromatic heterocycles. The third kappa shape index (κ3) is 3.49. The molecule has 6 nitrogen and oxygen atoms in total. The monoisotopic (exact) mass is 394 g/mol. The maximum Gasteiger partial charge on any atom is 0.394 e. The van der Waals surface area contributed by atoms with Crippen molar-refractivity contribution < 1.29 is 32.4 Å². The highest BCUT2D eigenvalue weighted by molar-refractivity contribution is 7.19. The first kappa shape index (κ1) is 17.7. The summed E-state index contributed by atoms with van der Waals surface area (Å²) in [6.07, 6.45) is -4.71. The number of alkyl halides is 3. The molecular weight excluding hydrogens is 385 g/mol. The van der Waals surface area contributed by atoms with Gasteiger partial charge in [-0.1, -0.05) is 16.8 Å². The SMILES string of the molecule is O=C(O)[C@@H]1CN(C(=O)c2cc(-c3ccc(Cl)s3)on2)C[C@H]1C(F)(F)F. The van der Waals surface area contributed by atoms with Crippen molar-refractivity contribution in [2.45, 2.75) is 6.18 Å². The summed E-state index contributed by atoms with van der Waals surface area (Å²) in [6, 6.07) is 4.57. The molecule has 0 aliphatic carbocycles. The molecule has 134 valence electrons. The molecule has 1 aliphatic heterocycles. The van der Waals surface area contributed by atoms with E-state index < -0.39 is 43.0 Å². The van der Waals surface area contributed by atoms with Crippen molar-refractivity contribution in [3.05, 3.63) is 28.2 Å². The lowest BCUT2D eigenvalue weighted by atomic mass is 9.96. The summed E-state index contributed by atoms with van der Waals surface area (Å²) >= 11 is 6.99. The number of amides is 1. The highest BCUT2D eigenvalue weighted by atomic mass is 35.5. The van der Waals surface area contributed by atoms with Crippen LogP contribution in [-0.4, -0.2) is 46.3 Å². The van der Waals surface area contributed by atoms with E-state index >= 15 is 0 Å². The number of carboxylic acid groups (broad SMARTS) is 1. The zero-order valence-electron chi connectivity index (χ0n) is 12.3. The third-order valence-corrected chi connectivity index (χ3v) is 5.14. The molecule has 0 radical (unpaired) electrons. The van der Waals surface area contributed by atoms with E-state index in [-0.39, 0.29) is 11.5 Å². The second kappa shape index (κ2) is 6.34. The smallest absolute Gasteiger partial charge is 0.394 e. The molecule has 1 amide bonds. The van der Waals surface area contributed by atoms with Gasteiger partial charge in [0, 0.05) is 19.2 Å².